The molecule has 0 radical (unpaired) electrons. The second-order valence-electron chi connectivity index (χ2n) is 4.94. The minimum Gasteiger partial charge on any atom is -0.357 e. The Morgan fingerprint density at radius 3 is 2.85 bits per heavy atom. The van der Waals surface area contributed by atoms with Gasteiger partial charge < -0.3 is 10.2 Å². The first-order valence-corrected chi connectivity index (χ1v) is 7.70. The van der Waals surface area contributed by atoms with E-state index < -0.39 is 0 Å². The van der Waals surface area contributed by atoms with E-state index in [9.17, 15) is 9.59 Å². The standard InChI is InChI=1S/C15H20N2O2S/c1-11-6-7-12(20-11)8-9-14(18)17-10-4-3-5-13(17)15(19)16-2/h6-9,13H,3-5,10H2,1-2H3,(H,16,19)/b9-8+. The second-order valence-corrected chi connectivity index (χ2v) is 6.26. The van der Waals surface area contributed by atoms with Crippen LogP contribution >= 0.6 is 11.3 Å². The third kappa shape index (κ3) is 3.48. The van der Waals surface area contributed by atoms with E-state index in [1.807, 2.05) is 25.1 Å². The summed E-state index contributed by atoms with van der Waals surface area (Å²) in [6.07, 6.45) is 6.11. The zero-order valence-electron chi connectivity index (χ0n) is 11.9. The predicted octanol–water partition coefficient (Wildman–Crippen LogP) is 2.20. The van der Waals surface area contributed by atoms with Gasteiger partial charge in [-0.1, -0.05) is 0 Å². The number of thiophene rings is 1. The van der Waals surface area contributed by atoms with Crippen molar-refractivity contribution in [1.82, 2.24) is 10.2 Å². The number of aryl methyl sites for hydroxylation is 1. The Labute approximate surface area is 123 Å². The molecule has 1 fully saturated rings. The third-order valence-electron chi connectivity index (χ3n) is 3.49. The van der Waals surface area contributed by atoms with Gasteiger partial charge in [-0.25, -0.2) is 0 Å². The van der Waals surface area contributed by atoms with Gasteiger partial charge in [-0.05, 0) is 44.4 Å². The average molecular weight is 292 g/mol. The van der Waals surface area contributed by atoms with Gasteiger partial charge in [-0.3, -0.25) is 9.59 Å². The van der Waals surface area contributed by atoms with Gasteiger partial charge in [-0.2, -0.15) is 0 Å². The zero-order valence-corrected chi connectivity index (χ0v) is 12.7. The topological polar surface area (TPSA) is 49.4 Å². The minimum atomic E-state index is -0.323. The monoisotopic (exact) mass is 292 g/mol. The Morgan fingerprint density at radius 2 is 2.20 bits per heavy atom. The highest BCUT2D eigenvalue weighted by molar-refractivity contribution is 7.12. The Kier molecular flexibility index (Phi) is 4.95. The van der Waals surface area contributed by atoms with Crippen LogP contribution in [0.15, 0.2) is 18.2 Å². The molecule has 1 N–H and O–H groups in total. The van der Waals surface area contributed by atoms with Crippen molar-refractivity contribution in [3.8, 4) is 0 Å². The molecule has 108 valence electrons. The maximum absolute atomic E-state index is 12.3. The number of amides is 2. The zero-order chi connectivity index (χ0) is 14.5. The summed E-state index contributed by atoms with van der Waals surface area (Å²) < 4.78 is 0. The molecule has 2 rings (SSSR count). The number of likely N-dealkylation sites (tertiary alicyclic amines) is 1. The van der Waals surface area contributed by atoms with Crippen LogP contribution in [0.2, 0.25) is 0 Å². The van der Waals surface area contributed by atoms with Crippen molar-refractivity contribution in [2.24, 2.45) is 0 Å². The quantitative estimate of drug-likeness (QED) is 0.868. The molecule has 0 bridgehead atoms. The molecular formula is C15H20N2O2S. The maximum Gasteiger partial charge on any atom is 0.247 e. The van der Waals surface area contributed by atoms with Crippen LogP contribution in [-0.2, 0) is 9.59 Å². The van der Waals surface area contributed by atoms with Crippen LogP contribution in [-0.4, -0.2) is 36.3 Å². The fraction of sp³-hybridized carbons (Fsp3) is 0.467. The summed E-state index contributed by atoms with van der Waals surface area (Å²) in [5.74, 6) is -0.150. The number of hydrogen-bond donors (Lipinski definition) is 1. The second kappa shape index (κ2) is 6.70. The van der Waals surface area contributed by atoms with Crippen molar-refractivity contribution in [2.75, 3.05) is 13.6 Å². The van der Waals surface area contributed by atoms with E-state index in [2.05, 4.69) is 5.32 Å². The molecule has 2 heterocycles. The number of likely N-dealkylation sites (N-methyl/N-ethyl adjacent to an activating group) is 1. The number of piperidine rings is 1. The van der Waals surface area contributed by atoms with E-state index in [4.69, 9.17) is 0 Å². The number of hydrogen-bond acceptors (Lipinski definition) is 3. The first kappa shape index (κ1) is 14.8. The van der Waals surface area contributed by atoms with E-state index in [1.54, 1.807) is 29.4 Å². The molecule has 1 atom stereocenters. The summed E-state index contributed by atoms with van der Waals surface area (Å²) in [5.41, 5.74) is 0. The molecule has 4 nitrogen and oxygen atoms in total. The van der Waals surface area contributed by atoms with Gasteiger partial charge in [0.05, 0.1) is 0 Å². The van der Waals surface area contributed by atoms with Crippen LogP contribution in [0.25, 0.3) is 6.08 Å². The number of nitrogens with one attached hydrogen (secondary N) is 1. The summed E-state index contributed by atoms with van der Waals surface area (Å²) in [6, 6.07) is 3.70. The maximum atomic E-state index is 12.3. The van der Waals surface area contributed by atoms with Crippen LogP contribution in [0.3, 0.4) is 0 Å². The molecule has 0 saturated carbocycles. The summed E-state index contributed by atoms with van der Waals surface area (Å²) in [6.45, 7) is 2.70. The highest BCUT2D eigenvalue weighted by Crippen LogP contribution is 2.19. The van der Waals surface area contributed by atoms with Crippen LogP contribution in [0.5, 0.6) is 0 Å². The Morgan fingerprint density at radius 1 is 1.40 bits per heavy atom. The molecule has 2 amide bonds. The fourth-order valence-electron chi connectivity index (χ4n) is 2.43. The van der Waals surface area contributed by atoms with Gasteiger partial charge in [0.1, 0.15) is 6.04 Å². The van der Waals surface area contributed by atoms with E-state index in [-0.39, 0.29) is 17.9 Å². The Bertz CT molecular complexity index is 522. The summed E-state index contributed by atoms with van der Waals surface area (Å²) in [7, 11) is 1.61. The van der Waals surface area contributed by atoms with Gasteiger partial charge in [0, 0.05) is 29.4 Å². The molecule has 0 spiro atoms. The lowest BCUT2D eigenvalue weighted by Gasteiger charge is -2.33. The highest BCUT2D eigenvalue weighted by Gasteiger charge is 2.30. The number of rotatable bonds is 3. The highest BCUT2D eigenvalue weighted by atomic mass is 32.1. The predicted molar refractivity (Wildman–Crippen MR) is 81.5 cm³/mol. The van der Waals surface area contributed by atoms with Crippen molar-refractivity contribution in [3.63, 3.8) is 0 Å². The fourth-order valence-corrected chi connectivity index (χ4v) is 3.21. The molecule has 5 heteroatoms. The van der Waals surface area contributed by atoms with Crippen molar-refractivity contribution < 1.29 is 9.59 Å². The normalized spacial score (nSPS) is 19.3. The SMILES string of the molecule is CNC(=O)C1CCCCN1C(=O)/C=C/c1ccc(C)s1. The lowest BCUT2D eigenvalue weighted by molar-refractivity contribution is -0.138. The smallest absolute Gasteiger partial charge is 0.247 e. The molecule has 0 aliphatic carbocycles. The molecule has 20 heavy (non-hydrogen) atoms. The molecule has 1 aromatic heterocycles. The third-order valence-corrected chi connectivity index (χ3v) is 4.45. The average Bonchev–Trinajstić information content (AvgIpc) is 2.89. The number of carbonyl (C=O) groups is 2. The molecule has 1 saturated heterocycles. The molecule has 0 aromatic carbocycles. The van der Waals surface area contributed by atoms with Gasteiger partial charge in [0.15, 0.2) is 0 Å². The van der Waals surface area contributed by atoms with Gasteiger partial charge in [0.2, 0.25) is 11.8 Å². The lowest BCUT2D eigenvalue weighted by atomic mass is 10.0. The number of carbonyl (C=O) groups excluding carboxylic acids is 2. The largest absolute Gasteiger partial charge is 0.357 e. The lowest BCUT2D eigenvalue weighted by Crippen LogP contribution is -2.50. The van der Waals surface area contributed by atoms with E-state index in [0.717, 1.165) is 24.1 Å². The molecule has 1 unspecified atom stereocenters. The number of nitrogens with zero attached hydrogens (tertiary/aromatic N) is 1. The molecule has 1 aliphatic rings. The van der Waals surface area contributed by atoms with Gasteiger partial charge in [-0.15, -0.1) is 11.3 Å². The summed E-state index contributed by atoms with van der Waals surface area (Å²) in [5, 5.41) is 2.64. The van der Waals surface area contributed by atoms with Gasteiger partial charge in [0.25, 0.3) is 0 Å². The Balaban J connectivity index is 2.06. The van der Waals surface area contributed by atoms with Crippen molar-refractivity contribution in [1.29, 1.82) is 0 Å². The first-order valence-electron chi connectivity index (χ1n) is 6.88. The van der Waals surface area contributed by atoms with Crippen LogP contribution in [0, 0.1) is 6.92 Å². The van der Waals surface area contributed by atoms with Crippen molar-refractivity contribution in [3.05, 3.63) is 28.0 Å². The minimum absolute atomic E-state index is 0.0709. The van der Waals surface area contributed by atoms with E-state index in [1.165, 1.54) is 4.88 Å². The van der Waals surface area contributed by atoms with Crippen LogP contribution < -0.4 is 5.32 Å². The van der Waals surface area contributed by atoms with E-state index >= 15 is 0 Å². The van der Waals surface area contributed by atoms with Crippen LogP contribution in [0.4, 0.5) is 0 Å². The van der Waals surface area contributed by atoms with Crippen LogP contribution in [0.1, 0.15) is 29.0 Å². The Hall–Kier alpha value is -1.62. The molecule has 1 aromatic rings. The van der Waals surface area contributed by atoms with Crippen molar-refractivity contribution in [2.45, 2.75) is 32.2 Å². The van der Waals surface area contributed by atoms with Crippen molar-refractivity contribution >= 4 is 29.2 Å². The van der Waals surface area contributed by atoms with E-state index in [0.29, 0.717) is 6.54 Å². The molecule has 1 aliphatic heterocycles. The summed E-state index contributed by atoms with van der Waals surface area (Å²) >= 11 is 1.65. The summed E-state index contributed by atoms with van der Waals surface area (Å²) in [4.78, 5) is 28.1. The first-order chi connectivity index (χ1) is 9.61. The van der Waals surface area contributed by atoms with Gasteiger partial charge >= 0.3 is 0 Å². The molecular weight excluding hydrogens is 272 g/mol.